The molecule has 3 atom stereocenters. The maximum atomic E-state index is 12.2. The molecule has 0 aromatic carbocycles. The number of piperidine rings is 1. The maximum absolute atomic E-state index is 12.2. The molecule has 0 aliphatic carbocycles. The van der Waals surface area contributed by atoms with Gasteiger partial charge in [0, 0.05) is 31.6 Å². The lowest BCUT2D eigenvalue weighted by Crippen LogP contribution is -2.60. The second kappa shape index (κ2) is 6.02. The molecule has 2 fully saturated rings. The lowest BCUT2D eigenvalue weighted by Gasteiger charge is -2.47. The zero-order valence-electron chi connectivity index (χ0n) is 11.6. The number of carbonyl (C=O) groups excluding carboxylic acids is 1. The summed E-state index contributed by atoms with van der Waals surface area (Å²) in [5.74, 6) is 0.216. The lowest BCUT2D eigenvalue weighted by molar-refractivity contribution is -0.138. The van der Waals surface area contributed by atoms with E-state index in [9.17, 15) is 9.90 Å². The summed E-state index contributed by atoms with van der Waals surface area (Å²) >= 11 is 0. The van der Waals surface area contributed by atoms with E-state index in [0.29, 0.717) is 24.9 Å². The summed E-state index contributed by atoms with van der Waals surface area (Å²) in [6, 6.07) is 0.895. The van der Waals surface area contributed by atoms with Crippen molar-refractivity contribution in [2.24, 2.45) is 0 Å². The van der Waals surface area contributed by atoms with Crippen LogP contribution in [0.1, 0.15) is 46.0 Å². The molecule has 3 unspecified atom stereocenters. The number of nitrogens with zero attached hydrogens (tertiary/aromatic N) is 2. The van der Waals surface area contributed by atoms with Crippen LogP contribution in [0.15, 0.2) is 0 Å². The summed E-state index contributed by atoms with van der Waals surface area (Å²) in [5.41, 5.74) is 0. The summed E-state index contributed by atoms with van der Waals surface area (Å²) in [7, 11) is 0. The Balaban J connectivity index is 1.90. The highest BCUT2D eigenvalue weighted by molar-refractivity contribution is 5.76. The molecule has 2 aliphatic rings. The van der Waals surface area contributed by atoms with Crippen LogP contribution in [0.25, 0.3) is 0 Å². The summed E-state index contributed by atoms with van der Waals surface area (Å²) < 4.78 is 0. The van der Waals surface area contributed by atoms with Crippen LogP contribution in [0.5, 0.6) is 0 Å². The molecule has 2 heterocycles. The highest BCUT2D eigenvalue weighted by Crippen LogP contribution is 2.24. The summed E-state index contributed by atoms with van der Waals surface area (Å²) in [5, 5.41) is 9.27. The number of fused-ring (bicyclic) bond motifs is 1. The normalized spacial score (nSPS) is 30.9. The standard InChI is InChI=1S/C14H26N2O2/c1-11-9-15-8-4-3-5-13(15)10-16(11)14(18)7-6-12(2)17/h11-13,17H,3-10H2,1-2H3. The Kier molecular flexibility index (Phi) is 4.62. The number of aliphatic hydroxyl groups is 1. The molecule has 2 rings (SSSR count). The molecule has 0 aromatic heterocycles. The van der Waals surface area contributed by atoms with Gasteiger partial charge in [-0.05, 0) is 39.7 Å². The van der Waals surface area contributed by atoms with Gasteiger partial charge >= 0.3 is 0 Å². The predicted octanol–water partition coefficient (Wildman–Crippen LogP) is 1.23. The molecule has 104 valence electrons. The van der Waals surface area contributed by atoms with E-state index in [1.54, 1.807) is 6.92 Å². The first-order valence-electron chi connectivity index (χ1n) is 7.29. The van der Waals surface area contributed by atoms with Gasteiger partial charge < -0.3 is 10.0 Å². The van der Waals surface area contributed by atoms with Gasteiger partial charge in [0.1, 0.15) is 0 Å². The fourth-order valence-electron chi connectivity index (χ4n) is 3.18. The van der Waals surface area contributed by atoms with E-state index in [0.717, 1.165) is 13.1 Å². The molecule has 0 spiro atoms. The van der Waals surface area contributed by atoms with Crippen LogP contribution in [-0.2, 0) is 4.79 Å². The molecule has 0 bridgehead atoms. The van der Waals surface area contributed by atoms with Gasteiger partial charge in [-0.25, -0.2) is 0 Å². The van der Waals surface area contributed by atoms with Crippen molar-refractivity contribution in [3.05, 3.63) is 0 Å². The third-order valence-electron chi connectivity index (χ3n) is 4.28. The van der Waals surface area contributed by atoms with Crippen molar-refractivity contribution in [3.8, 4) is 0 Å². The van der Waals surface area contributed by atoms with Gasteiger partial charge in [0.15, 0.2) is 0 Å². The first-order valence-corrected chi connectivity index (χ1v) is 7.29. The van der Waals surface area contributed by atoms with Crippen LogP contribution in [0.4, 0.5) is 0 Å². The fourth-order valence-corrected chi connectivity index (χ4v) is 3.18. The Morgan fingerprint density at radius 1 is 1.39 bits per heavy atom. The average molecular weight is 254 g/mol. The maximum Gasteiger partial charge on any atom is 0.223 e. The second-order valence-corrected chi connectivity index (χ2v) is 5.93. The van der Waals surface area contributed by atoms with Gasteiger partial charge in [0.2, 0.25) is 5.91 Å². The van der Waals surface area contributed by atoms with E-state index in [1.807, 2.05) is 4.90 Å². The molecule has 0 saturated carbocycles. The summed E-state index contributed by atoms with van der Waals surface area (Å²) in [4.78, 5) is 16.8. The van der Waals surface area contributed by atoms with Crippen molar-refractivity contribution in [2.45, 2.75) is 64.1 Å². The number of aliphatic hydroxyl groups excluding tert-OH is 1. The molecule has 0 radical (unpaired) electrons. The largest absolute Gasteiger partial charge is 0.393 e. The predicted molar refractivity (Wildman–Crippen MR) is 71.3 cm³/mol. The van der Waals surface area contributed by atoms with E-state index >= 15 is 0 Å². The van der Waals surface area contributed by atoms with Gasteiger partial charge in [-0.2, -0.15) is 0 Å². The minimum atomic E-state index is -0.375. The third kappa shape index (κ3) is 3.23. The van der Waals surface area contributed by atoms with Crippen LogP contribution in [0.2, 0.25) is 0 Å². The van der Waals surface area contributed by atoms with Crippen LogP contribution in [-0.4, -0.2) is 58.6 Å². The Hall–Kier alpha value is -0.610. The minimum absolute atomic E-state index is 0.216. The molecule has 0 aromatic rings. The van der Waals surface area contributed by atoms with Gasteiger partial charge in [-0.1, -0.05) is 6.42 Å². The molecule has 1 amide bonds. The highest BCUT2D eigenvalue weighted by Gasteiger charge is 2.34. The van der Waals surface area contributed by atoms with Crippen molar-refractivity contribution in [3.63, 3.8) is 0 Å². The lowest BCUT2D eigenvalue weighted by atomic mass is 9.96. The van der Waals surface area contributed by atoms with E-state index in [4.69, 9.17) is 0 Å². The van der Waals surface area contributed by atoms with Gasteiger partial charge in [0.05, 0.1) is 6.10 Å². The Morgan fingerprint density at radius 2 is 2.17 bits per heavy atom. The number of piperazine rings is 1. The zero-order valence-corrected chi connectivity index (χ0v) is 11.6. The first kappa shape index (κ1) is 13.8. The van der Waals surface area contributed by atoms with Crippen molar-refractivity contribution in [1.29, 1.82) is 0 Å². The van der Waals surface area contributed by atoms with Gasteiger partial charge in [0.25, 0.3) is 0 Å². The van der Waals surface area contributed by atoms with E-state index < -0.39 is 0 Å². The SMILES string of the molecule is CC(O)CCC(=O)N1CC2CCCCN2CC1C. The molecule has 4 nitrogen and oxygen atoms in total. The quantitative estimate of drug-likeness (QED) is 0.824. The zero-order chi connectivity index (χ0) is 13.1. The van der Waals surface area contributed by atoms with Crippen LogP contribution < -0.4 is 0 Å². The fraction of sp³-hybridized carbons (Fsp3) is 0.929. The number of hydrogen-bond donors (Lipinski definition) is 1. The second-order valence-electron chi connectivity index (χ2n) is 5.93. The number of amides is 1. The summed E-state index contributed by atoms with van der Waals surface area (Å²) in [6.45, 7) is 7.00. The smallest absolute Gasteiger partial charge is 0.223 e. The molecule has 2 saturated heterocycles. The number of hydrogen-bond acceptors (Lipinski definition) is 3. The van der Waals surface area contributed by atoms with Crippen LogP contribution in [0, 0.1) is 0 Å². The van der Waals surface area contributed by atoms with E-state index in [2.05, 4.69) is 11.8 Å². The molecular weight excluding hydrogens is 228 g/mol. The monoisotopic (exact) mass is 254 g/mol. The molecular formula is C14H26N2O2. The van der Waals surface area contributed by atoms with E-state index in [-0.39, 0.29) is 12.0 Å². The van der Waals surface area contributed by atoms with Gasteiger partial charge in [-0.15, -0.1) is 0 Å². The van der Waals surface area contributed by atoms with Crippen LogP contribution >= 0.6 is 0 Å². The Morgan fingerprint density at radius 3 is 2.89 bits per heavy atom. The van der Waals surface area contributed by atoms with Crippen molar-refractivity contribution in [2.75, 3.05) is 19.6 Å². The van der Waals surface area contributed by atoms with Crippen molar-refractivity contribution >= 4 is 5.91 Å². The number of carbonyl (C=O) groups is 1. The van der Waals surface area contributed by atoms with Crippen molar-refractivity contribution in [1.82, 2.24) is 9.80 Å². The van der Waals surface area contributed by atoms with E-state index in [1.165, 1.54) is 25.8 Å². The van der Waals surface area contributed by atoms with Gasteiger partial charge in [-0.3, -0.25) is 9.69 Å². The first-order chi connectivity index (χ1) is 8.58. The Bertz CT molecular complexity index is 294. The molecule has 1 N–H and O–H groups in total. The Labute approximate surface area is 110 Å². The van der Waals surface area contributed by atoms with Crippen molar-refractivity contribution < 1.29 is 9.90 Å². The average Bonchev–Trinajstić information content (AvgIpc) is 2.35. The van der Waals surface area contributed by atoms with Crippen LogP contribution in [0.3, 0.4) is 0 Å². The third-order valence-corrected chi connectivity index (χ3v) is 4.28. The summed E-state index contributed by atoms with van der Waals surface area (Å²) in [6.07, 6.45) is 4.52. The number of rotatable bonds is 3. The molecule has 2 aliphatic heterocycles. The highest BCUT2D eigenvalue weighted by atomic mass is 16.3. The topological polar surface area (TPSA) is 43.8 Å². The minimum Gasteiger partial charge on any atom is -0.393 e. The molecule has 4 heteroatoms. The molecule has 18 heavy (non-hydrogen) atoms.